The van der Waals surface area contributed by atoms with Gasteiger partial charge in [0.15, 0.2) is 0 Å². The first kappa shape index (κ1) is 30.3. The van der Waals surface area contributed by atoms with Gasteiger partial charge in [0.2, 0.25) is 0 Å². The number of hydrogen-bond acceptors (Lipinski definition) is 7. The van der Waals surface area contributed by atoms with E-state index < -0.39 is 0 Å². The summed E-state index contributed by atoms with van der Waals surface area (Å²) in [5.74, 6) is 2.77. The smallest absolute Gasteiger partial charge is 0.257 e. The molecule has 0 aliphatic rings. The molecule has 1 aromatic rings. The molecule has 1 rings (SSSR count). The number of ether oxygens (including phenoxy) is 1. The van der Waals surface area contributed by atoms with Gasteiger partial charge in [0, 0.05) is 48.5 Å². The van der Waals surface area contributed by atoms with E-state index in [-0.39, 0.29) is 29.7 Å². The third-order valence-electron chi connectivity index (χ3n) is 4.16. The van der Waals surface area contributed by atoms with Gasteiger partial charge in [0.25, 0.3) is 11.8 Å². The molecule has 1 aromatic carbocycles. The molecule has 0 aliphatic carbocycles. The van der Waals surface area contributed by atoms with Gasteiger partial charge in [-0.3, -0.25) is 20.2 Å². The van der Waals surface area contributed by atoms with Crippen LogP contribution in [0, 0.1) is 17.9 Å². The fraction of sp³-hybridized carbons (Fsp3) is 0.600. The Bertz CT molecular complexity index is 790. The van der Waals surface area contributed by atoms with Crippen LogP contribution in [0.5, 0.6) is 0 Å². The standard InChI is InChI=1S/C25H40N4O3S2/c1-18(2)11-12-27-23(30)17-32-16-15-29-25(34-33-20(5)6)22-9-7-21(8-10-22)24(31)28-14-13-26-19(3)4/h7-10,18-20,25-26,29H,13-17H2,1-6H3,(H,27,30)(H,28,31). The van der Waals surface area contributed by atoms with E-state index in [0.29, 0.717) is 36.6 Å². The van der Waals surface area contributed by atoms with Crippen LogP contribution in [0.2, 0.25) is 0 Å². The monoisotopic (exact) mass is 508 g/mol. The van der Waals surface area contributed by atoms with Crippen LogP contribution >= 0.6 is 21.6 Å². The molecule has 2 amide bonds. The van der Waals surface area contributed by atoms with Crippen molar-refractivity contribution < 1.29 is 14.3 Å². The number of carbonyl (C=O) groups excluding carboxylic acids is 2. The first-order chi connectivity index (χ1) is 16.2. The maximum atomic E-state index is 12.4. The Labute approximate surface area is 213 Å². The van der Waals surface area contributed by atoms with Crippen molar-refractivity contribution in [1.29, 1.82) is 0 Å². The maximum Gasteiger partial charge on any atom is 0.257 e. The van der Waals surface area contributed by atoms with Gasteiger partial charge in [-0.2, -0.15) is 0 Å². The fourth-order valence-corrected chi connectivity index (χ4v) is 4.86. The molecular weight excluding hydrogens is 468 g/mol. The van der Waals surface area contributed by atoms with Gasteiger partial charge < -0.3 is 15.4 Å². The Morgan fingerprint density at radius 3 is 2.26 bits per heavy atom. The van der Waals surface area contributed by atoms with Gasteiger partial charge in [-0.15, -0.1) is 0 Å². The molecule has 0 spiro atoms. The zero-order chi connectivity index (χ0) is 25.3. The Kier molecular flexibility index (Phi) is 15.8. The molecule has 0 bridgehead atoms. The lowest BCUT2D eigenvalue weighted by Gasteiger charge is -2.19. The molecule has 0 saturated heterocycles. The van der Waals surface area contributed by atoms with E-state index in [9.17, 15) is 9.59 Å². The van der Waals surface area contributed by atoms with Crippen molar-refractivity contribution in [3.05, 3.63) is 35.4 Å². The highest BCUT2D eigenvalue weighted by atomic mass is 33.1. The van der Waals surface area contributed by atoms with Crippen LogP contribution < -0.4 is 21.3 Å². The Morgan fingerprint density at radius 2 is 1.65 bits per heavy atom. The molecule has 34 heavy (non-hydrogen) atoms. The van der Waals surface area contributed by atoms with E-state index in [0.717, 1.165) is 12.1 Å². The second-order valence-corrected chi connectivity index (χ2v) is 11.5. The fourth-order valence-electron chi connectivity index (χ4n) is 2.54. The number of hydrogen-bond donors (Lipinski definition) is 4. The van der Waals surface area contributed by atoms with Gasteiger partial charge in [0.05, 0.1) is 12.0 Å². The highest BCUT2D eigenvalue weighted by Crippen LogP contribution is 2.38. The average Bonchev–Trinajstić information content (AvgIpc) is 2.78. The SMILES string of the molecule is CC(C)C#CNC(=O)COCCNC(SSC(C)C)c1ccc(C(=O)NCCNC(C)C)cc1. The zero-order valence-corrected chi connectivity index (χ0v) is 22.8. The lowest BCUT2D eigenvalue weighted by Crippen LogP contribution is -2.34. The van der Waals surface area contributed by atoms with Gasteiger partial charge in [-0.1, -0.05) is 81.2 Å². The third kappa shape index (κ3) is 14.5. The van der Waals surface area contributed by atoms with E-state index in [1.165, 1.54) is 0 Å². The largest absolute Gasteiger partial charge is 0.370 e. The summed E-state index contributed by atoms with van der Waals surface area (Å²) in [6.07, 6.45) is 0. The van der Waals surface area contributed by atoms with Gasteiger partial charge in [-0.25, -0.2) is 0 Å². The summed E-state index contributed by atoms with van der Waals surface area (Å²) in [5, 5.41) is 12.7. The minimum absolute atomic E-state index is 0.0243. The molecule has 0 fully saturated rings. The summed E-state index contributed by atoms with van der Waals surface area (Å²) in [4.78, 5) is 24.1. The van der Waals surface area contributed by atoms with Crippen LogP contribution in [0.25, 0.3) is 0 Å². The molecule has 4 N–H and O–H groups in total. The van der Waals surface area contributed by atoms with E-state index in [1.807, 2.05) is 38.1 Å². The summed E-state index contributed by atoms with van der Waals surface area (Å²) in [6, 6.07) is 10.7. The van der Waals surface area contributed by atoms with Crippen LogP contribution in [-0.2, 0) is 9.53 Å². The first-order valence-electron chi connectivity index (χ1n) is 11.7. The summed E-state index contributed by atoms with van der Waals surface area (Å²) in [5.41, 5.74) is 1.72. The number of benzene rings is 1. The molecule has 1 unspecified atom stereocenters. The van der Waals surface area contributed by atoms with Crippen LogP contribution in [0.1, 0.15) is 62.8 Å². The molecule has 0 aliphatic heterocycles. The maximum absolute atomic E-state index is 12.4. The van der Waals surface area contributed by atoms with Gasteiger partial charge in [0.1, 0.15) is 6.61 Å². The number of nitrogens with one attached hydrogen (secondary N) is 4. The molecule has 0 saturated carbocycles. The normalized spacial score (nSPS) is 11.9. The van der Waals surface area contributed by atoms with Crippen LogP contribution in [0.3, 0.4) is 0 Å². The predicted octanol–water partition coefficient (Wildman–Crippen LogP) is 3.54. The number of rotatable bonds is 15. The first-order valence-corrected chi connectivity index (χ1v) is 14.0. The molecule has 0 aromatic heterocycles. The van der Waals surface area contributed by atoms with E-state index >= 15 is 0 Å². The van der Waals surface area contributed by atoms with E-state index in [1.54, 1.807) is 21.6 Å². The van der Waals surface area contributed by atoms with Crippen molar-refractivity contribution in [3.8, 4) is 12.0 Å². The molecule has 0 heterocycles. The summed E-state index contributed by atoms with van der Waals surface area (Å²) in [7, 11) is 3.53. The second-order valence-electron chi connectivity index (χ2n) is 8.59. The predicted molar refractivity (Wildman–Crippen MR) is 145 cm³/mol. The van der Waals surface area contributed by atoms with Gasteiger partial charge in [-0.05, 0) is 17.7 Å². The minimum Gasteiger partial charge on any atom is -0.370 e. The topological polar surface area (TPSA) is 91.5 Å². The van der Waals surface area contributed by atoms with Crippen molar-refractivity contribution in [3.63, 3.8) is 0 Å². The molecular formula is C25H40N4O3S2. The summed E-state index contributed by atoms with van der Waals surface area (Å²) < 4.78 is 5.46. The number of amides is 2. The van der Waals surface area contributed by atoms with E-state index in [4.69, 9.17) is 4.74 Å². The van der Waals surface area contributed by atoms with Crippen LogP contribution in [0.4, 0.5) is 0 Å². The Morgan fingerprint density at radius 1 is 0.941 bits per heavy atom. The summed E-state index contributed by atoms with van der Waals surface area (Å²) in [6.45, 7) is 14.7. The van der Waals surface area contributed by atoms with Crippen molar-refractivity contribution in [2.24, 2.45) is 5.92 Å². The van der Waals surface area contributed by atoms with Crippen molar-refractivity contribution in [2.45, 2.75) is 58.2 Å². The highest BCUT2D eigenvalue weighted by molar-refractivity contribution is 8.77. The second kappa shape index (κ2) is 17.7. The molecule has 9 heteroatoms. The molecule has 0 radical (unpaired) electrons. The highest BCUT2D eigenvalue weighted by Gasteiger charge is 2.14. The van der Waals surface area contributed by atoms with Crippen LogP contribution in [-0.4, -0.2) is 56.0 Å². The van der Waals surface area contributed by atoms with Gasteiger partial charge >= 0.3 is 0 Å². The zero-order valence-electron chi connectivity index (χ0n) is 21.2. The summed E-state index contributed by atoms with van der Waals surface area (Å²) >= 11 is 0. The third-order valence-corrected chi connectivity index (χ3v) is 7.35. The molecule has 7 nitrogen and oxygen atoms in total. The minimum atomic E-state index is -0.247. The van der Waals surface area contributed by atoms with Crippen molar-refractivity contribution in [2.75, 3.05) is 32.8 Å². The lowest BCUT2D eigenvalue weighted by atomic mass is 10.1. The average molecular weight is 509 g/mol. The van der Waals surface area contributed by atoms with Crippen molar-refractivity contribution >= 4 is 33.4 Å². The Balaban J connectivity index is 2.52. The van der Waals surface area contributed by atoms with Crippen molar-refractivity contribution in [1.82, 2.24) is 21.3 Å². The van der Waals surface area contributed by atoms with E-state index in [2.05, 4.69) is 60.9 Å². The number of carbonyl (C=O) groups is 2. The lowest BCUT2D eigenvalue weighted by molar-refractivity contribution is -0.124. The molecule has 190 valence electrons. The quantitative estimate of drug-likeness (QED) is 0.0947. The Hall–Kier alpha value is -1.70. The van der Waals surface area contributed by atoms with Crippen LogP contribution in [0.15, 0.2) is 24.3 Å². The molecule has 1 atom stereocenters.